The van der Waals surface area contributed by atoms with Crippen molar-refractivity contribution in [3.05, 3.63) is 46.5 Å². The van der Waals surface area contributed by atoms with Crippen LogP contribution in [-0.2, 0) is 0 Å². The minimum atomic E-state index is -1.14. The Balaban J connectivity index is 2.58. The van der Waals surface area contributed by atoms with Crippen LogP contribution in [0.15, 0.2) is 24.4 Å². The van der Waals surface area contributed by atoms with Crippen molar-refractivity contribution in [1.29, 1.82) is 0 Å². The molecular weight excluding hydrogens is 259 g/mol. The number of carbonyl (C=O) groups is 1. The van der Waals surface area contributed by atoms with Crippen molar-refractivity contribution in [2.45, 2.75) is 6.92 Å². The topological polar surface area (TPSA) is 63.1 Å². The normalized spacial score (nSPS) is 10.4. The summed E-state index contributed by atoms with van der Waals surface area (Å²) in [6, 6.07) is 3.75. The molecule has 92 valence electrons. The Hall–Kier alpha value is -2.01. The standard InChI is InChI=1S/C12H8ClFN2O2/c1-6-5-15-11(16-10(6)12(17)18)8-3-2-7(14)4-9(8)13/h2-5H,1H3,(H,17,18). The third kappa shape index (κ3) is 2.31. The summed E-state index contributed by atoms with van der Waals surface area (Å²) in [6.07, 6.45) is 1.39. The lowest BCUT2D eigenvalue weighted by Crippen LogP contribution is -2.06. The van der Waals surface area contributed by atoms with E-state index in [-0.39, 0.29) is 16.5 Å². The maximum absolute atomic E-state index is 12.9. The zero-order chi connectivity index (χ0) is 13.3. The van der Waals surface area contributed by atoms with Crippen LogP contribution in [0.4, 0.5) is 4.39 Å². The molecule has 0 aliphatic heterocycles. The Kier molecular flexibility index (Phi) is 3.25. The zero-order valence-electron chi connectivity index (χ0n) is 9.32. The van der Waals surface area contributed by atoms with Crippen molar-refractivity contribution in [2.24, 2.45) is 0 Å². The third-order valence-corrected chi connectivity index (χ3v) is 2.66. The third-order valence-electron chi connectivity index (χ3n) is 2.35. The first-order valence-electron chi connectivity index (χ1n) is 5.01. The van der Waals surface area contributed by atoms with Gasteiger partial charge in [0, 0.05) is 17.3 Å². The molecule has 2 rings (SSSR count). The van der Waals surface area contributed by atoms with Crippen molar-refractivity contribution in [1.82, 2.24) is 9.97 Å². The fourth-order valence-corrected chi connectivity index (χ4v) is 1.71. The van der Waals surface area contributed by atoms with E-state index in [1.54, 1.807) is 6.92 Å². The number of nitrogens with zero attached hydrogens (tertiary/aromatic N) is 2. The van der Waals surface area contributed by atoms with E-state index < -0.39 is 11.8 Å². The summed E-state index contributed by atoms with van der Waals surface area (Å²) in [6.45, 7) is 1.60. The number of aryl methyl sites for hydroxylation is 1. The summed E-state index contributed by atoms with van der Waals surface area (Å²) in [5, 5.41) is 9.10. The predicted octanol–water partition coefficient (Wildman–Crippen LogP) is 2.94. The average molecular weight is 267 g/mol. The van der Waals surface area contributed by atoms with Gasteiger partial charge >= 0.3 is 5.97 Å². The summed E-state index contributed by atoms with van der Waals surface area (Å²) in [5.74, 6) is -1.47. The molecule has 18 heavy (non-hydrogen) atoms. The van der Waals surface area contributed by atoms with Crippen LogP contribution in [0.5, 0.6) is 0 Å². The number of hydrogen-bond acceptors (Lipinski definition) is 3. The minimum absolute atomic E-state index is 0.0969. The first kappa shape index (κ1) is 12.4. The predicted molar refractivity (Wildman–Crippen MR) is 64.1 cm³/mol. The molecule has 0 fully saturated rings. The molecule has 2 aromatic rings. The van der Waals surface area contributed by atoms with Crippen molar-refractivity contribution in [3.63, 3.8) is 0 Å². The molecule has 0 saturated carbocycles. The van der Waals surface area contributed by atoms with Crippen molar-refractivity contribution in [2.75, 3.05) is 0 Å². The quantitative estimate of drug-likeness (QED) is 0.908. The second-order valence-electron chi connectivity index (χ2n) is 3.65. The van der Waals surface area contributed by atoms with Gasteiger partial charge in [-0.3, -0.25) is 0 Å². The Morgan fingerprint density at radius 3 is 2.78 bits per heavy atom. The lowest BCUT2D eigenvalue weighted by atomic mass is 10.2. The van der Waals surface area contributed by atoms with E-state index in [9.17, 15) is 9.18 Å². The minimum Gasteiger partial charge on any atom is -0.477 e. The molecule has 0 radical (unpaired) electrons. The number of carboxylic acid groups (broad SMARTS) is 1. The van der Waals surface area contributed by atoms with Gasteiger partial charge in [0.15, 0.2) is 11.5 Å². The largest absolute Gasteiger partial charge is 0.477 e. The first-order valence-corrected chi connectivity index (χ1v) is 5.39. The van der Waals surface area contributed by atoms with Gasteiger partial charge in [-0.25, -0.2) is 19.2 Å². The summed E-state index contributed by atoms with van der Waals surface area (Å²) in [7, 11) is 0. The number of aromatic nitrogens is 2. The van der Waals surface area contributed by atoms with Gasteiger partial charge in [0.25, 0.3) is 0 Å². The highest BCUT2D eigenvalue weighted by atomic mass is 35.5. The van der Waals surface area contributed by atoms with Crippen molar-refractivity contribution >= 4 is 17.6 Å². The average Bonchev–Trinajstić information content (AvgIpc) is 2.30. The highest BCUT2D eigenvalue weighted by Gasteiger charge is 2.14. The van der Waals surface area contributed by atoms with Crippen molar-refractivity contribution < 1.29 is 14.3 Å². The van der Waals surface area contributed by atoms with E-state index >= 15 is 0 Å². The molecular formula is C12H8ClFN2O2. The molecule has 0 bridgehead atoms. The van der Waals surface area contributed by atoms with E-state index in [0.717, 1.165) is 6.07 Å². The highest BCUT2D eigenvalue weighted by molar-refractivity contribution is 6.33. The van der Waals surface area contributed by atoms with Crippen LogP contribution in [0, 0.1) is 12.7 Å². The van der Waals surface area contributed by atoms with Gasteiger partial charge in [-0.1, -0.05) is 11.6 Å². The molecule has 0 unspecified atom stereocenters. The molecule has 6 heteroatoms. The Morgan fingerprint density at radius 2 is 2.17 bits per heavy atom. The van der Waals surface area contributed by atoms with E-state index in [1.165, 1.54) is 18.3 Å². The molecule has 1 N–H and O–H groups in total. The number of rotatable bonds is 2. The summed E-state index contributed by atoms with van der Waals surface area (Å²) in [5.41, 5.74) is 0.741. The molecule has 0 saturated heterocycles. The molecule has 0 spiro atoms. The van der Waals surface area contributed by atoms with Crippen LogP contribution < -0.4 is 0 Å². The fraction of sp³-hybridized carbons (Fsp3) is 0.0833. The fourth-order valence-electron chi connectivity index (χ4n) is 1.46. The van der Waals surface area contributed by atoms with Gasteiger partial charge in [-0.15, -0.1) is 0 Å². The van der Waals surface area contributed by atoms with Crippen LogP contribution in [0.3, 0.4) is 0 Å². The number of aromatic carboxylic acids is 1. The Morgan fingerprint density at radius 1 is 1.44 bits per heavy atom. The molecule has 0 amide bonds. The smallest absolute Gasteiger partial charge is 0.354 e. The van der Waals surface area contributed by atoms with Crippen LogP contribution in [-0.4, -0.2) is 21.0 Å². The van der Waals surface area contributed by atoms with Gasteiger partial charge in [-0.2, -0.15) is 0 Å². The van der Waals surface area contributed by atoms with Crippen molar-refractivity contribution in [3.8, 4) is 11.4 Å². The van der Waals surface area contributed by atoms with Gasteiger partial charge in [0.2, 0.25) is 0 Å². The molecule has 0 aliphatic rings. The van der Waals surface area contributed by atoms with E-state index in [4.69, 9.17) is 16.7 Å². The number of benzene rings is 1. The SMILES string of the molecule is Cc1cnc(-c2ccc(F)cc2Cl)nc1C(=O)O. The molecule has 1 aromatic carbocycles. The Bertz CT molecular complexity index is 631. The lowest BCUT2D eigenvalue weighted by Gasteiger charge is -2.05. The maximum atomic E-state index is 12.9. The van der Waals surface area contributed by atoms with E-state index in [2.05, 4.69) is 9.97 Å². The molecule has 1 aromatic heterocycles. The maximum Gasteiger partial charge on any atom is 0.354 e. The van der Waals surface area contributed by atoms with Crippen LogP contribution in [0.25, 0.3) is 11.4 Å². The monoisotopic (exact) mass is 266 g/mol. The second kappa shape index (κ2) is 4.70. The lowest BCUT2D eigenvalue weighted by molar-refractivity contribution is 0.0689. The van der Waals surface area contributed by atoms with Gasteiger partial charge < -0.3 is 5.11 Å². The van der Waals surface area contributed by atoms with Gasteiger partial charge in [-0.05, 0) is 25.1 Å². The van der Waals surface area contributed by atoms with Crippen LogP contribution >= 0.6 is 11.6 Å². The van der Waals surface area contributed by atoms with Gasteiger partial charge in [0.05, 0.1) is 5.02 Å². The van der Waals surface area contributed by atoms with Crippen LogP contribution in [0.1, 0.15) is 16.1 Å². The second-order valence-corrected chi connectivity index (χ2v) is 4.06. The summed E-state index contributed by atoms with van der Waals surface area (Å²) in [4.78, 5) is 18.9. The number of hydrogen-bond donors (Lipinski definition) is 1. The highest BCUT2D eigenvalue weighted by Crippen LogP contribution is 2.26. The first-order chi connectivity index (χ1) is 8.49. The van der Waals surface area contributed by atoms with Gasteiger partial charge in [0.1, 0.15) is 5.82 Å². The van der Waals surface area contributed by atoms with Crippen LogP contribution in [0.2, 0.25) is 5.02 Å². The number of carboxylic acids is 1. The molecule has 1 heterocycles. The van der Waals surface area contributed by atoms with E-state index in [0.29, 0.717) is 11.1 Å². The molecule has 0 aliphatic carbocycles. The summed E-state index contributed by atoms with van der Waals surface area (Å²) >= 11 is 5.87. The Labute approximate surface area is 107 Å². The molecule has 4 nitrogen and oxygen atoms in total. The molecule has 0 atom stereocenters. The number of halogens is 2. The zero-order valence-corrected chi connectivity index (χ0v) is 10.1. The van der Waals surface area contributed by atoms with E-state index in [1.807, 2.05) is 0 Å². The summed E-state index contributed by atoms with van der Waals surface area (Å²) < 4.78 is 12.9.